The van der Waals surface area contributed by atoms with Crippen molar-refractivity contribution in [2.75, 3.05) is 0 Å². The van der Waals surface area contributed by atoms with Crippen LogP contribution in [0.5, 0.6) is 0 Å². The Balaban J connectivity index is 0.000000716. The Morgan fingerprint density at radius 2 is 1.05 bits per heavy atom. The summed E-state index contributed by atoms with van der Waals surface area (Å²) < 4.78 is 10.4. The SMILES string of the molecule is C.CC.CC(C)(C)c1ccn2ccccc12.Cc1c(C(C)C)nn(C)c1C.Cc1nc(C(C)C)c(C)n1C.Cc1nc(C)n(C)c1C(C)C.Cc1nn(C)c(C)c1C(C)C. The first kappa shape index (κ1) is 55.6. The molecule has 6 rings (SSSR count). The maximum absolute atomic E-state index is 4.47. The zero-order valence-electron chi connectivity index (χ0n) is 42.3. The summed E-state index contributed by atoms with van der Waals surface area (Å²) in [4.78, 5) is 8.87. The van der Waals surface area contributed by atoms with Crippen molar-refractivity contribution in [3.63, 3.8) is 0 Å². The molecule has 6 aromatic rings. The lowest BCUT2D eigenvalue weighted by Crippen LogP contribution is -2.10. The van der Waals surface area contributed by atoms with Gasteiger partial charge in [0.1, 0.15) is 11.6 Å². The average Bonchev–Trinajstić information content (AvgIpc) is 3.91. The third-order valence-corrected chi connectivity index (χ3v) is 11.0. The summed E-state index contributed by atoms with van der Waals surface area (Å²) in [5.41, 5.74) is 15.7. The van der Waals surface area contributed by atoms with Gasteiger partial charge in [0.15, 0.2) is 0 Å². The Bertz CT molecular complexity index is 2050. The second kappa shape index (κ2) is 24.1. The minimum atomic E-state index is 0. The Hall–Kier alpha value is -4.40. The highest BCUT2D eigenvalue weighted by molar-refractivity contribution is 5.58. The largest absolute Gasteiger partial charge is 0.335 e. The van der Waals surface area contributed by atoms with Gasteiger partial charge in [-0.15, -0.1) is 0 Å². The van der Waals surface area contributed by atoms with E-state index < -0.39 is 0 Å². The van der Waals surface area contributed by atoms with Gasteiger partial charge in [-0.3, -0.25) is 9.36 Å². The van der Waals surface area contributed by atoms with Gasteiger partial charge in [0, 0.05) is 68.9 Å². The van der Waals surface area contributed by atoms with Gasteiger partial charge in [0.25, 0.3) is 0 Å². The molecule has 0 saturated heterocycles. The predicted molar refractivity (Wildman–Crippen MR) is 261 cm³/mol. The molecule has 60 heavy (non-hydrogen) atoms. The van der Waals surface area contributed by atoms with Crippen LogP contribution in [-0.4, -0.2) is 43.1 Å². The van der Waals surface area contributed by atoms with Crippen molar-refractivity contribution in [1.82, 2.24) is 43.1 Å². The molecule has 0 spiro atoms. The molecule has 0 N–H and O–H groups in total. The first-order chi connectivity index (χ1) is 27.2. The molecule has 6 aromatic heterocycles. The van der Waals surface area contributed by atoms with Gasteiger partial charge in [-0.25, -0.2) is 9.97 Å². The fraction of sp³-hybridized carbons (Fsp3) is 0.608. The quantitative estimate of drug-likeness (QED) is 0.177. The first-order valence-electron chi connectivity index (χ1n) is 21.8. The van der Waals surface area contributed by atoms with E-state index in [-0.39, 0.29) is 12.8 Å². The van der Waals surface area contributed by atoms with E-state index in [0.717, 1.165) is 11.6 Å². The average molecular weight is 828 g/mol. The van der Waals surface area contributed by atoms with Crippen molar-refractivity contribution < 1.29 is 0 Å². The van der Waals surface area contributed by atoms with E-state index >= 15 is 0 Å². The van der Waals surface area contributed by atoms with E-state index in [1.807, 2.05) is 51.2 Å². The van der Waals surface area contributed by atoms with Crippen molar-refractivity contribution in [1.29, 1.82) is 0 Å². The number of pyridine rings is 1. The summed E-state index contributed by atoms with van der Waals surface area (Å²) in [6.07, 6.45) is 4.21. The van der Waals surface area contributed by atoms with E-state index in [4.69, 9.17) is 0 Å². The third-order valence-electron chi connectivity index (χ3n) is 11.0. The molecule has 0 radical (unpaired) electrons. The van der Waals surface area contributed by atoms with Crippen molar-refractivity contribution >= 4 is 5.52 Å². The molecule has 0 aromatic carbocycles. The maximum atomic E-state index is 4.47. The number of aryl methyl sites for hydroxylation is 6. The smallest absolute Gasteiger partial charge is 0.105 e. The number of imidazole rings is 2. The second-order valence-electron chi connectivity index (χ2n) is 17.9. The van der Waals surface area contributed by atoms with Crippen molar-refractivity contribution in [2.45, 2.75) is 182 Å². The highest BCUT2D eigenvalue weighted by atomic mass is 15.3. The molecule has 0 aliphatic carbocycles. The normalized spacial score (nSPS) is 10.9. The lowest BCUT2D eigenvalue weighted by Gasteiger charge is -2.17. The van der Waals surface area contributed by atoms with Crippen LogP contribution < -0.4 is 0 Å². The Kier molecular flexibility index (Phi) is 22.4. The molecule has 0 bridgehead atoms. The zero-order chi connectivity index (χ0) is 45.9. The number of fused-ring (bicyclic) bond motifs is 1. The summed E-state index contributed by atoms with van der Waals surface area (Å²) in [6, 6.07) is 8.51. The first-order valence-corrected chi connectivity index (χ1v) is 21.8. The van der Waals surface area contributed by atoms with Crippen LogP contribution in [0.3, 0.4) is 0 Å². The van der Waals surface area contributed by atoms with E-state index in [1.54, 1.807) is 0 Å². The maximum Gasteiger partial charge on any atom is 0.105 e. The molecule has 6 heterocycles. The van der Waals surface area contributed by atoms with Crippen LogP contribution in [-0.2, 0) is 33.6 Å². The molecule has 0 amide bonds. The van der Waals surface area contributed by atoms with Crippen LogP contribution in [0.15, 0.2) is 36.7 Å². The van der Waals surface area contributed by atoms with Crippen LogP contribution in [0, 0.1) is 55.4 Å². The van der Waals surface area contributed by atoms with Gasteiger partial charge in [-0.1, -0.05) is 104 Å². The molecule has 0 fully saturated rings. The zero-order valence-corrected chi connectivity index (χ0v) is 42.3. The number of rotatable bonds is 4. The minimum Gasteiger partial charge on any atom is -0.335 e. The Morgan fingerprint density at radius 3 is 1.33 bits per heavy atom. The molecule has 0 unspecified atom stereocenters. The fourth-order valence-corrected chi connectivity index (χ4v) is 7.49. The van der Waals surface area contributed by atoms with Crippen LogP contribution >= 0.6 is 0 Å². The predicted octanol–water partition coefficient (Wildman–Crippen LogP) is 13.5. The van der Waals surface area contributed by atoms with E-state index in [0.29, 0.717) is 23.7 Å². The molecule has 0 aliphatic heterocycles. The summed E-state index contributed by atoms with van der Waals surface area (Å²) in [5.74, 6) is 4.44. The van der Waals surface area contributed by atoms with Gasteiger partial charge in [-0.05, 0) is 119 Å². The standard InChI is InChI=1S/C12H15N.4C9H16N2.C2H6.CH4/c1-12(2,3)10-7-9-13-8-5-4-6-11(10)13;1-6(2)9-7(3)11(5)8(4)10-9;1-6(2)9-7(3)10-8(4)11(9)5;1-6(2)9-7(3)10-11(5)8(9)4;1-6(2)9-7(3)8(4)11(5)10-9;1-2;/h4-9H,1-3H3;4*6H,1-5H3;1-2H3;1H4. The van der Waals surface area contributed by atoms with E-state index in [9.17, 15) is 0 Å². The highest BCUT2D eigenvalue weighted by Crippen LogP contribution is 2.27. The summed E-state index contributed by atoms with van der Waals surface area (Å²) in [6.45, 7) is 45.0. The Morgan fingerprint density at radius 1 is 0.533 bits per heavy atom. The summed E-state index contributed by atoms with van der Waals surface area (Å²) in [5, 5.41) is 8.77. The Labute approximate surface area is 368 Å². The van der Waals surface area contributed by atoms with Crippen LogP contribution in [0.4, 0.5) is 0 Å². The van der Waals surface area contributed by atoms with Gasteiger partial charge in [0.2, 0.25) is 0 Å². The van der Waals surface area contributed by atoms with Crippen molar-refractivity contribution in [2.24, 2.45) is 28.2 Å². The number of aromatic nitrogens is 9. The van der Waals surface area contributed by atoms with Gasteiger partial charge in [-0.2, -0.15) is 10.2 Å². The molecular weight excluding hydrogens is 739 g/mol. The summed E-state index contributed by atoms with van der Waals surface area (Å²) >= 11 is 0. The third kappa shape index (κ3) is 14.4. The van der Waals surface area contributed by atoms with Gasteiger partial charge in [0.05, 0.1) is 22.8 Å². The monoisotopic (exact) mass is 828 g/mol. The van der Waals surface area contributed by atoms with Crippen LogP contribution in [0.25, 0.3) is 5.52 Å². The molecule has 0 aliphatic rings. The van der Waals surface area contributed by atoms with E-state index in [2.05, 4.69) is 202 Å². The molecule has 0 atom stereocenters. The fourth-order valence-electron chi connectivity index (χ4n) is 7.49. The second-order valence-corrected chi connectivity index (χ2v) is 17.9. The van der Waals surface area contributed by atoms with E-state index in [1.165, 1.54) is 67.8 Å². The van der Waals surface area contributed by atoms with Crippen molar-refractivity contribution in [3.05, 3.63) is 111 Å². The molecule has 9 nitrogen and oxygen atoms in total. The lowest BCUT2D eigenvalue weighted by atomic mass is 9.88. The molecular formula is C51H89N9. The lowest BCUT2D eigenvalue weighted by molar-refractivity contribution is 0.596. The topological polar surface area (TPSA) is 75.7 Å². The van der Waals surface area contributed by atoms with Crippen LogP contribution in [0.1, 0.15) is 195 Å². The minimum absolute atomic E-state index is 0. The number of hydrogen-bond acceptors (Lipinski definition) is 4. The summed E-state index contributed by atoms with van der Waals surface area (Å²) in [7, 11) is 8.12. The van der Waals surface area contributed by atoms with Crippen LogP contribution in [0.2, 0.25) is 0 Å². The van der Waals surface area contributed by atoms with Gasteiger partial charge >= 0.3 is 0 Å². The highest BCUT2D eigenvalue weighted by Gasteiger charge is 2.17. The van der Waals surface area contributed by atoms with Crippen molar-refractivity contribution in [3.8, 4) is 0 Å². The number of hydrogen-bond donors (Lipinski definition) is 0. The van der Waals surface area contributed by atoms with Gasteiger partial charge < -0.3 is 13.5 Å². The molecule has 338 valence electrons. The molecule has 0 saturated carbocycles. The molecule has 9 heteroatoms. The number of nitrogens with zero attached hydrogens (tertiary/aromatic N) is 9.